The van der Waals surface area contributed by atoms with E-state index in [0.29, 0.717) is 0 Å². The first kappa shape index (κ1) is 12.6. The number of nitrogens with zero attached hydrogens (tertiary/aromatic N) is 1. The number of rotatable bonds is 4. The molecule has 2 N–H and O–H groups in total. The number of benzene rings is 1. The molecule has 1 atom stereocenters. The third kappa shape index (κ3) is 2.24. The van der Waals surface area contributed by atoms with Crippen molar-refractivity contribution >= 4 is 10.8 Å². The molecular weight excluding hydrogens is 236 g/mol. The minimum atomic E-state index is 0.00376. The van der Waals surface area contributed by atoms with Gasteiger partial charge in [0.15, 0.2) is 0 Å². The number of hydrogen-bond donors (Lipinski definition) is 1. The zero-order valence-electron chi connectivity index (χ0n) is 11.3. The van der Waals surface area contributed by atoms with E-state index in [1.165, 1.54) is 17.4 Å². The molecule has 19 heavy (non-hydrogen) atoms. The Morgan fingerprint density at radius 1 is 1.37 bits per heavy atom. The van der Waals surface area contributed by atoms with Gasteiger partial charge in [-0.2, -0.15) is 0 Å². The Morgan fingerprint density at radius 2 is 2.21 bits per heavy atom. The lowest BCUT2D eigenvalue weighted by molar-refractivity contribution is -0.0816. The number of ether oxygens (including phenoxy) is 1. The molecule has 1 aliphatic rings. The fraction of sp³-hybridized carbons (Fsp3) is 0.438. The molecule has 3 heteroatoms. The Bertz CT molecular complexity index is 567. The highest BCUT2D eigenvalue weighted by Crippen LogP contribution is 2.41. The van der Waals surface area contributed by atoms with Gasteiger partial charge in [-0.3, -0.25) is 4.98 Å². The molecule has 1 aromatic heterocycles. The molecule has 0 radical (unpaired) electrons. The maximum Gasteiger partial charge on any atom is 0.0696 e. The van der Waals surface area contributed by atoms with Gasteiger partial charge in [0.05, 0.1) is 5.60 Å². The Hall–Kier alpha value is -1.45. The van der Waals surface area contributed by atoms with Gasteiger partial charge < -0.3 is 10.5 Å². The second kappa shape index (κ2) is 4.91. The normalized spacial score (nSPS) is 19.1. The van der Waals surface area contributed by atoms with Gasteiger partial charge in [0.1, 0.15) is 0 Å². The molecule has 2 aromatic rings. The Kier molecular flexibility index (Phi) is 3.25. The molecule has 1 aliphatic carbocycles. The summed E-state index contributed by atoms with van der Waals surface area (Å²) in [5.41, 5.74) is 7.60. The molecule has 0 saturated heterocycles. The summed E-state index contributed by atoms with van der Waals surface area (Å²) in [6.45, 7) is 0. The first-order valence-electron chi connectivity index (χ1n) is 6.87. The van der Waals surface area contributed by atoms with Crippen molar-refractivity contribution < 1.29 is 4.74 Å². The Balaban J connectivity index is 1.91. The summed E-state index contributed by atoms with van der Waals surface area (Å²) >= 11 is 0. The van der Waals surface area contributed by atoms with E-state index in [4.69, 9.17) is 10.5 Å². The van der Waals surface area contributed by atoms with E-state index in [2.05, 4.69) is 23.2 Å². The van der Waals surface area contributed by atoms with Crippen molar-refractivity contribution in [3.63, 3.8) is 0 Å². The number of fused-ring (bicyclic) bond motifs is 1. The van der Waals surface area contributed by atoms with E-state index in [0.717, 1.165) is 24.6 Å². The van der Waals surface area contributed by atoms with Gasteiger partial charge in [0, 0.05) is 30.9 Å². The average Bonchev–Trinajstić information content (AvgIpc) is 2.42. The van der Waals surface area contributed by atoms with Crippen LogP contribution in [0.5, 0.6) is 0 Å². The van der Waals surface area contributed by atoms with Crippen LogP contribution in [-0.4, -0.2) is 17.7 Å². The van der Waals surface area contributed by atoms with Gasteiger partial charge in [-0.15, -0.1) is 0 Å². The van der Waals surface area contributed by atoms with Crippen LogP contribution in [0, 0.1) is 0 Å². The van der Waals surface area contributed by atoms with Crippen LogP contribution >= 0.6 is 0 Å². The lowest BCUT2D eigenvalue weighted by Crippen LogP contribution is -2.41. The third-order valence-electron chi connectivity index (χ3n) is 4.41. The average molecular weight is 256 g/mol. The fourth-order valence-electron chi connectivity index (χ4n) is 3.03. The number of hydrogen-bond acceptors (Lipinski definition) is 3. The maximum atomic E-state index is 6.42. The van der Waals surface area contributed by atoms with Gasteiger partial charge in [0.2, 0.25) is 0 Å². The monoisotopic (exact) mass is 256 g/mol. The van der Waals surface area contributed by atoms with Crippen LogP contribution in [0.1, 0.15) is 37.3 Å². The molecule has 0 bridgehead atoms. The molecule has 1 saturated carbocycles. The Labute approximate surface area is 113 Å². The Morgan fingerprint density at radius 3 is 2.89 bits per heavy atom. The predicted molar refractivity (Wildman–Crippen MR) is 76.9 cm³/mol. The standard InChI is InChI=1S/C16H20N2O/c1-19-16(7-3-8-16)10-15(17)13-5-2-4-12-6-9-18-11-14(12)13/h2,4-6,9,11,15H,3,7-8,10,17H2,1H3. The quantitative estimate of drug-likeness (QED) is 0.913. The topological polar surface area (TPSA) is 48.1 Å². The van der Waals surface area contributed by atoms with Crippen LogP contribution in [0.25, 0.3) is 10.8 Å². The van der Waals surface area contributed by atoms with Gasteiger partial charge in [0.25, 0.3) is 0 Å². The minimum Gasteiger partial charge on any atom is -0.378 e. The van der Waals surface area contributed by atoms with E-state index in [9.17, 15) is 0 Å². The summed E-state index contributed by atoms with van der Waals surface area (Å²) in [5, 5.41) is 2.35. The second-order valence-corrected chi connectivity index (χ2v) is 5.50. The number of nitrogens with two attached hydrogens (primary N) is 1. The minimum absolute atomic E-state index is 0.00376. The summed E-state index contributed by atoms with van der Waals surface area (Å²) in [5.74, 6) is 0. The first-order chi connectivity index (χ1) is 9.24. The van der Waals surface area contributed by atoms with Crippen LogP contribution in [0.3, 0.4) is 0 Å². The molecule has 3 rings (SSSR count). The second-order valence-electron chi connectivity index (χ2n) is 5.50. The van der Waals surface area contributed by atoms with Crippen LogP contribution in [0.2, 0.25) is 0 Å². The largest absolute Gasteiger partial charge is 0.378 e. The molecule has 0 amide bonds. The lowest BCUT2D eigenvalue weighted by Gasteiger charge is -2.42. The summed E-state index contributed by atoms with van der Waals surface area (Å²) in [4.78, 5) is 4.22. The maximum absolute atomic E-state index is 6.42. The molecule has 1 heterocycles. The van der Waals surface area contributed by atoms with Crippen LogP contribution in [0.4, 0.5) is 0 Å². The molecular formula is C16H20N2O. The van der Waals surface area contributed by atoms with E-state index in [-0.39, 0.29) is 11.6 Å². The lowest BCUT2D eigenvalue weighted by atomic mass is 9.74. The highest BCUT2D eigenvalue weighted by Gasteiger charge is 2.38. The van der Waals surface area contributed by atoms with E-state index >= 15 is 0 Å². The highest BCUT2D eigenvalue weighted by atomic mass is 16.5. The number of pyridine rings is 1. The zero-order valence-corrected chi connectivity index (χ0v) is 11.3. The molecule has 1 unspecified atom stereocenters. The summed E-state index contributed by atoms with van der Waals surface area (Å²) in [6, 6.07) is 8.31. The summed E-state index contributed by atoms with van der Waals surface area (Å²) in [6.07, 6.45) is 8.11. The molecule has 0 aliphatic heterocycles. The van der Waals surface area contributed by atoms with Gasteiger partial charge in [-0.1, -0.05) is 18.2 Å². The van der Waals surface area contributed by atoms with Crippen molar-refractivity contribution in [2.45, 2.75) is 37.3 Å². The predicted octanol–water partition coefficient (Wildman–Crippen LogP) is 3.19. The summed E-state index contributed by atoms with van der Waals surface area (Å²) in [7, 11) is 1.80. The SMILES string of the molecule is COC1(CC(N)c2cccc3ccncc23)CCC1. The van der Waals surface area contributed by atoms with Crippen LogP contribution in [0.15, 0.2) is 36.7 Å². The van der Waals surface area contributed by atoms with Gasteiger partial charge in [-0.05, 0) is 42.7 Å². The third-order valence-corrected chi connectivity index (χ3v) is 4.41. The summed E-state index contributed by atoms with van der Waals surface area (Å²) < 4.78 is 5.68. The highest BCUT2D eigenvalue weighted by molar-refractivity contribution is 5.85. The van der Waals surface area contributed by atoms with Crippen molar-refractivity contribution in [1.29, 1.82) is 0 Å². The van der Waals surface area contributed by atoms with Crippen LogP contribution in [-0.2, 0) is 4.74 Å². The first-order valence-corrected chi connectivity index (χ1v) is 6.87. The van der Waals surface area contributed by atoms with E-state index < -0.39 is 0 Å². The fourth-order valence-corrected chi connectivity index (χ4v) is 3.03. The molecule has 100 valence electrons. The van der Waals surface area contributed by atoms with Gasteiger partial charge in [-0.25, -0.2) is 0 Å². The molecule has 3 nitrogen and oxygen atoms in total. The van der Waals surface area contributed by atoms with Crippen molar-refractivity contribution in [2.75, 3.05) is 7.11 Å². The smallest absolute Gasteiger partial charge is 0.0696 e. The van der Waals surface area contributed by atoms with Crippen LogP contribution < -0.4 is 5.73 Å². The van der Waals surface area contributed by atoms with Gasteiger partial charge >= 0.3 is 0 Å². The number of aromatic nitrogens is 1. The number of methoxy groups -OCH3 is 1. The van der Waals surface area contributed by atoms with E-state index in [1.807, 2.05) is 18.5 Å². The van der Waals surface area contributed by atoms with E-state index in [1.54, 1.807) is 7.11 Å². The van der Waals surface area contributed by atoms with Crippen molar-refractivity contribution in [2.24, 2.45) is 5.73 Å². The molecule has 1 aromatic carbocycles. The zero-order chi connectivity index (χ0) is 13.3. The molecule has 1 fully saturated rings. The molecule has 0 spiro atoms. The van der Waals surface area contributed by atoms with Crippen molar-refractivity contribution in [3.8, 4) is 0 Å². The van der Waals surface area contributed by atoms with Crippen molar-refractivity contribution in [3.05, 3.63) is 42.2 Å². The van der Waals surface area contributed by atoms with Crippen molar-refractivity contribution in [1.82, 2.24) is 4.98 Å².